The Bertz CT molecular complexity index is 570. The van der Waals surface area contributed by atoms with Gasteiger partial charge in [-0.3, -0.25) is 9.88 Å². The van der Waals surface area contributed by atoms with Gasteiger partial charge in [0.05, 0.1) is 12.3 Å². The van der Waals surface area contributed by atoms with Gasteiger partial charge in [0.1, 0.15) is 0 Å². The Morgan fingerprint density at radius 1 is 1.14 bits per heavy atom. The van der Waals surface area contributed by atoms with Gasteiger partial charge in [0.25, 0.3) is 0 Å². The third-order valence-corrected chi connectivity index (χ3v) is 4.26. The van der Waals surface area contributed by atoms with Gasteiger partial charge in [-0.05, 0) is 42.5 Å². The lowest BCUT2D eigenvalue weighted by atomic mass is 9.86. The minimum atomic E-state index is 0.186. The molecule has 0 amide bonds. The van der Waals surface area contributed by atoms with Crippen molar-refractivity contribution in [2.45, 2.75) is 31.8 Å². The number of aryl methyl sites for hydroxylation is 1. The van der Waals surface area contributed by atoms with Crippen molar-refractivity contribution in [2.75, 3.05) is 13.2 Å². The quantitative estimate of drug-likeness (QED) is 0.916. The molecule has 0 bridgehead atoms. The molecule has 0 saturated heterocycles. The zero-order valence-electron chi connectivity index (χ0n) is 12.3. The van der Waals surface area contributed by atoms with E-state index in [1.165, 1.54) is 24.0 Å². The highest BCUT2D eigenvalue weighted by atomic mass is 16.3. The van der Waals surface area contributed by atoms with Crippen LogP contribution in [0.5, 0.6) is 0 Å². The number of hydrogen-bond donors (Lipinski definition) is 1. The monoisotopic (exact) mass is 282 g/mol. The van der Waals surface area contributed by atoms with E-state index in [1.807, 2.05) is 18.3 Å². The molecule has 0 radical (unpaired) electrons. The standard InChI is InChI=1S/C18H22N2O/c21-13-12-20(14-16-8-3-4-11-19-16)18-10-5-7-15-6-1-2-9-17(15)18/h1-4,6,8-9,11,18,21H,5,7,10,12-14H2. The molecule has 3 rings (SSSR count). The molecule has 0 saturated carbocycles. The summed E-state index contributed by atoms with van der Waals surface area (Å²) in [5.41, 5.74) is 3.94. The summed E-state index contributed by atoms with van der Waals surface area (Å²) in [6.45, 7) is 1.67. The molecule has 21 heavy (non-hydrogen) atoms. The summed E-state index contributed by atoms with van der Waals surface area (Å²) in [5.74, 6) is 0. The van der Waals surface area contributed by atoms with Crippen molar-refractivity contribution in [1.82, 2.24) is 9.88 Å². The number of aliphatic hydroxyl groups is 1. The minimum Gasteiger partial charge on any atom is -0.395 e. The van der Waals surface area contributed by atoms with E-state index in [9.17, 15) is 5.11 Å². The molecule has 1 aliphatic rings. The second-order valence-electron chi connectivity index (χ2n) is 5.62. The molecule has 3 heteroatoms. The fourth-order valence-corrected chi connectivity index (χ4v) is 3.28. The van der Waals surface area contributed by atoms with Crippen molar-refractivity contribution >= 4 is 0 Å². The Morgan fingerprint density at radius 3 is 2.81 bits per heavy atom. The molecule has 2 aromatic rings. The van der Waals surface area contributed by atoms with Gasteiger partial charge < -0.3 is 5.11 Å². The van der Waals surface area contributed by atoms with Gasteiger partial charge in [-0.15, -0.1) is 0 Å². The van der Waals surface area contributed by atoms with Crippen molar-refractivity contribution in [3.05, 3.63) is 65.5 Å². The Balaban J connectivity index is 1.84. The smallest absolute Gasteiger partial charge is 0.0558 e. The van der Waals surface area contributed by atoms with Crippen molar-refractivity contribution < 1.29 is 5.11 Å². The summed E-state index contributed by atoms with van der Waals surface area (Å²) in [6.07, 6.45) is 5.38. The predicted molar refractivity (Wildman–Crippen MR) is 83.9 cm³/mol. The lowest BCUT2D eigenvalue weighted by molar-refractivity contribution is 0.130. The number of aromatic nitrogens is 1. The third-order valence-electron chi connectivity index (χ3n) is 4.26. The highest BCUT2D eigenvalue weighted by molar-refractivity contribution is 5.32. The van der Waals surface area contributed by atoms with Crippen LogP contribution in [0.25, 0.3) is 0 Å². The average molecular weight is 282 g/mol. The number of nitrogens with zero attached hydrogens (tertiary/aromatic N) is 2. The van der Waals surface area contributed by atoms with Gasteiger partial charge >= 0.3 is 0 Å². The number of benzene rings is 1. The third kappa shape index (κ3) is 3.31. The Labute approximate surface area is 126 Å². The molecule has 0 fully saturated rings. The van der Waals surface area contributed by atoms with Gasteiger partial charge in [0.15, 0.2) is 0 Å². The second-order valence-corrected chi connectivity index (χ2v) is 5.62. The summed E-state index contributed by atoms with van der Waals surface area (Å²) in [6, 6.07) is 15.1. The zero-order chi connectivity index (χ0) is 14.5. The summed E-state index contributed by atoms with van der Waals surface area (Å²) < 4.78 is 0. The van der Waals surface area contributed by atoms with Crippen LogP contribution in [0.15, 0.2) is 48.7 Å². The second kappa shape index (κ2) is 6.83. The first kappa shape index (κ1) is 14.2. The molecule has 0 spiro atoms. The molecule has 1 heterocycles. The molecule has 1 aromatic heterocycles. The van der Waals surface area contributed by atoms with Crippen LogP contribution in [0, 0.1) is 0 Å². The molecule has 110 valence electrons. The van der Waals surface area contributed by atoms with E-state index < -0.39 is 0 Å². The highest BCUT2D eigenvalue weighted by Crippen LogP contribution is 2.34. The normalized spacial score (nSPS) is 17.7. The lowest BCUT2D eigenvalue weighted by Crippen LogP contribution is -2.33. The van der Waals surface area contributed by atoms with Gasteiger partial charge in [-0.2, -0.15) is 0 Å². The summed E-state index contributed by atoms with van der Waals surface area (Å²) in [7, 11) is 0. The maximum Gasteiger partial charge on any atom is 0.0558 e. The number of aliphatic hydroxyl groups excluding tert-OH is 1. The van der Waals surface area contributed by atoms with Gasteiger partial charge in [0, 0.05) is 25.3 Å². The van der Waals surface area contributed by atoms with E-state index in [0.717, 1.165) is 18.7 Å². The first-order valence-corrected chi connectivity index (χ1v) is 7.71. The topological polar surface area (TPSA) is 36.4 Å². The largest absolute Gasteiger partial charge is 0.395 e. The number of rotatable bonds is 5. The van der Waals surface area contributed by atoms with Crippen LogP contribution in [0.4, 0.5) is 0 Å². The van der Waals surface area contributed by atoms with Crippen LogP contribution in [-0.2, 0) is 13.0 Å². The van der Waals surface area contributed by atoms with Crippen molar-refractivity contribution in [1.29, 1.82) is 0 Å². The molecule has 1 N–H and O–H groups in total. The maximum atomic E-state index is 9.43. The van der Waals surface area contributed by atoms with Crippen molar-refractivity contribution in [2.24, 2.45) is 0 Å². The van der Waals surface area contributed by atoms with Crippen LogP contribution in [-0.4, -0.2) is 28.1 Å². The number of fused-ring (bicyclic) bond motifs is 1. The minimum absolute atomic E-state index is 0.186. The van der Waals surface area contributed by atoms with Crippen LogP contribution in [0.2, 0.25) is 0 Å². The summed E-state index contributed by atoms with van der Waals surface area (Å²) in [4.78, 5) is 6.79. The average Bonchev–Trinajstić information content (AvgIpc) is 2.55. The molecule has 1 aromatic carbocycles. The molecule has 1 aliphatic carbocycles. The van der Waals surface area contributed by atoms with E-state index >= 15 is 0 Å². The summed E-state index contributed by atoms with van der Waals surface area (Å²) in [5, 5.41) is 9.43. The molecule has 0 aliphatic heterocycles. The van der Waals surface area contributed by atoms with Gasteiger partial charge in [-0.1, -0.05) is 30.3 Å². The molecule has 1 unspecified atom stereocenters. The van der Waals surface area contributed by atoms with Crippen LogP contribution in [0.1, 0.15) is 35.7 Å². The molecular formula is C18H22N2O. The summed E-state index contributed by atoms with van der Waals surface area (Å²) >= 11 is 0. The van der Waals surface area contributed by atoms with E-state index in [2.05, 4.69) is 40.2 Å². The number of pyridine rings is 1. The first-order valence-electron chi connectivity index (χ1n) is 7.71. The fourth-order valence-electron chi connectivity index (χ4n) is 3.28. The SMILES string of the molecule is OCCN(Cc1ccccn1)C1CCCc2ccccc21. The maximum absolute atomic E-state index is 9.43. The predicted octanol–water partition coefficient (Wildman–Crippen LogP) is 2.95. The zero-order valence-corrected chi connectivity index (χ0v) is 12.3. The molecule has 3 nitrogen and oxygen atoms in total. The van der Waals surface area contributed by atoms with E-state index in [4.69, 9.17) is 0 Å². The van der Waals surface area contributed by atoms with E-state index in [0.29, 0.717) is 12.6 Å². The van der Waals surface area contributed by atoms with Crippen LogP contribution >= 0.6 is 0 Å². The molecule has 1 atom stereocenters. The Morgan fingerprint density at radius 2 is 2.00 bits per heavy atom. The van der Waals surface area contributed by atoms with Crippen molar-refractivity contribution in [3.8, 4) is 0 Å². The highest BCUT2D eigenvalue weighted by Gasteiger charge is 2.25. The molecular weight excluding hydrogens is 260 g/mol. The van der Waals surface area contributed by atoms with Gasteiger partial charge in [0.2, 0.25) is 0 Å². The van der Waals surface area contributed by atoms with Crippen LogP contribution in [0.3, 0.4) is 0 Å². The number of hydrogen-bond acceptors (Lipinski definition) is 3. The van der Waals surface area contributed by atoms with Gasteiger partial charge in [-0.25, -0.2) is 0 Å². The lowest BCUT2D eigenvalue weighted by Gasteiger charge is -2.35. The van der Waals surface area contributed by atoms with E-state index in [1.54, 1.807) is 0 Å². The fraction of sp³-hybridized carbons (Fsp3) is 0.389. The van der Waals surface area contributed by atoms with E-state index in [-0.39, 0.29) is 6.61 Å². The van der Waals surface area contributed by atoms with Crippen LogP contribution < -0.4 is 0 Å². The Hall–Kier alpha value is -1.71. The first-order chi connectivity index (χ1) is 10.4. The van der Waals surface area contributed by atoms with Crippen molar-refractivity contribution in [3.63, 3.8) is 0 Å². The Kier molecular flexibility index (Phi) is 4.63.